The molecule has 106 valence electrons. The van der Waals surface area contributed by atoms with E-state index in [1.54, 1.807) is 0 Å². The maximum Gasteiger partial charge on any atom is 0.310 e. The number of aryl methyl sites for hydroxylation is 2. The Morgan fingerprint density at radius 3 is 2.37 bits per heavy atom. The Bertz CT molecular complexity index is 440. The molecule has 1 aromatic carbocycles. The Morgan fingerprint density at radius 2 is 1.89 bits per heavy atom. The summed E-state index contributed by atoms with van der Waals surface area (Å²) in [6.07, 6.45) is 0. The maximum atomic E-state index is 11.8. The van der Waals surface area contributed by atoms with Crippen LogP contribution in [0.2, 0.25) is 0 Å². The van der Waals surface area contributed by atoms with Crippen molar-refractivity contribution in [2.75, 3.05) is 25.6 Å². The lowest BCUT2D eigenvalue weighted by Crippen LogP contribution is -2.34. The first-order chi connectivity index (χ1) is 8.86. The van der Waals surface area contributed by atoms with E-state index in [0.29, 0.717) is 6.54 Å². The van der Waals surface area contributed by atoms with E-state index < -0.39 is 0 Å². The van der Waals surface area contributed by atoms with Gasteiger partial charge in [-0.25, -0.2) is 0 Å². The molecule has 0 fully saturated rings. The van der Waals surface area contributed by atoms with Crippen molar-refractivity contribution in [3.8, 4) is 0 Å². The molecule has 0 aromatic heterocycles. The molecule has 0 N–H and O–H groups in total. The summed E-state index contributed by atoms with van der Waals surface area (Å²) in [5.41, 5.74) is 3.69. The fraction of sp³-hybridized carbons (Fsp3) is 0.562. The van der Waals surface area contributed by atoms with E-state index in [-0.39, 0.29) is 17.8 Å². The van der Waals surface area contributed by atoms with Crippen molar-refractivity contribution >= 4 is 11.7 Å². The molecule has 1 unspecified atom stereocenters. The third-order valence-corrected chi connectivity index (χ3v) is 3.71. The zero-order valence-corrected chi connectivity index (χ0v) is 12.9. The monoisotopic (exact) mass is 263 g/mol. The lowest BCUT2D eigenvalue weighted by Gasteiger charge is -2.27. The number of rotatable bonds is 5. The van der Waals surface area contributed by atoms with Crippen LogP contribution in [-0.2, 0) is 9.53 Å². The van der Waals surface area contributed by atoms with Crippen LogP contribution in [0.3, 0.4) is 0 Å². The van der Waals surface area contributed by atoms with Crippen molar-refractivity contribution in [3.63, 3.8) is 0 Å². The van der Waals surface area contributed by atoms with Crippen molar-refractivity contribution in [1.82, 2.24) is 0 Å². The van der Waals surface area contributed by atoms with Gasteiger partial charge in [-0.15, -0.1) is 0 Å². The summed E-state index contributed by atoms with van der Waals surface area (Å²) in [5, 5.41) is 0. The SMILES string of the molecule is COC(=O)C(CN(C)c1ccc(C)c(C)c1)C(C)C. The molecular formula is C16H25NO2. The highest BCUT2D eigenvalue weighted by Gasteiger charge is 2.24. The van der Waals surface area contributed by atoms with Gasteiger partial charge in [0.2, 0.25) is 0 Å². The highest BCUT2D eigenvalue weighted by molar-refractivity contribution is 5.73. The molecule has 0 aliphatic rings. The number of anilines is 1. The smallest absolute Gasteiger partial charge is 0.310 e. The molecule has 0 aliphatic heterocycles. The molecule has 0 aliphatic carbocycles. The predicted molar refractivity (Wildman–Crippen MR) is 79.5 cm³/mol. The van der Waals surface area contributed by atoms with E-state index >= 15 is 0 Å². The Balaban J connectivity index is 2.84. The highest BCUT2D eigenvalue weighted by atomic mass is 16.5. The summed E-state index contributed by atoms with van der Waals surface area (Å²) in [6.45, 7) is 8.98. The highest BCUT2D eigenvalue weighted by Crippen LogP contribution is 2.21. The van der Waals surface area contributed by atoms with Crippen molar-refractivity contribution in [2.45, 2.75) is 27.7 Å². The molecule has 0 heterocycles. The van der Waals surface area contributed by atoms with Crippen LogP contribution in [0.15, 0.2) is 18.2 Å². The molecular weight excluding hydrogens is 238 g/mol. The Hall–Kier alpha value is -1.51. The minimum absolute atomic E-state index is 0.100. The fourth-order valence-electron chi connectivity index (χ4n) is 2.07. The quantitative estimate of drug-likeness (QED) is 0.764. The molecule has 0 saturated carbocycles. The van der Waals surface area contributed by atoms with Gasteiger partial charge in [0.15, 0.2) is 0 Å². The Labute approximate surface area is 116 Å². The summed E-state index contributed by atoms with van der Waals surface area (Å²) >= 11 is 0. The lowest BCUT2D eigenvalue weighted by molar-refractivity contribution is -0.146. The van der Waals surface area contributed by atoms with Crippen molar-refractivity contribution < 1.29 is 9.53 Å². The van der Waals surface area contributed by atoms with E-state index in [0.717, 1.165) is 5.69 Å². The van der Waals surface area contributed by atoms with E-state index in [9.17, 15) is 4.79 Å². The number of hydrogen-bond donors (Lipinski definition) is 0. The van der Waals surface area contributed by atoms with Crippen LogP contribution in [0.1, 0.15) is 25.0 Å². The summed E-state index contributed by atoms with van der Waals surface area (Å²) in [6, 6.07) is 6.37. The second-order valence-corrected chi connectivity index (χ2v) is 5.52. The van der Waals surface area contributed by atoms with Crippen LogP contribution in [0.4, 0.5) is 5.69 Å². The van der Waals surface area contributed by atoms with Gasteiger partial charge in [-0.1, -0.05) is 19.9 Å². The first-order valence-electron chi connectivity index (χ1n) is 6.73. The Morgan fingerprint density at radius 1 is 1.26 bits per heavy atom. The number of benzene rings is 1. The largest absolute Gasteiger partial charge is 0.469 e. The average Bonchev–Trinajstić information content (AvgIpc) is 2.37. The van der Waals surface area contributed by atoms with Crippen molar-refractivity contribution in [2.24, 2.45) is 11.8 Å². The summed E-state index contributed by atoms with van der Waals surface area (Å²) in [4.78, 5) is 13.9. The van der Waals surface area contributed by atoms with Crippen LogP contribution >= 0.6 is 0 Å². The average molecular weight is 263 g/mol. The number of carbonyl (C=O) groups is 1. The van der Waals surface area contributed by atoms with Gasteiger partial charge in [-0.2, -0.15) is 0 Å². The van der Waals surface area contributed by atoms with Crippen molar-refractivity contribution in [3.05, 3.63) is 29.3 Å². The molecule has 1 atom stereocenters. The van der Waals surface area contributed by atoms with Gasteiger partial charge in [0, 0.05) is 19.3 Å². The lowest BCUT2D eigenvalue weighted by atomic mass is 9.95. The number of methoxy groups -OCH3 is 1. The third-order valence-electron chi connectivity index (χ3n) is 3.71. The standard InChI is InChI=1S/C16H25NO2/c1-11(2)15(16(18)19-6)10-17(5)14-8-7-12(3)13(4)9-14/h7-9,11,15H,10H2,1-6H3. The minimum atomic E-state index is -0.134. The second-order valence-electron chi connectivity index (χ2n) is 5.52. The molecule has 19 heavy (non-hydrogen) atoms. The molecule has 0 bridgehead atoms. The fourth-order valence-corrected chi connectivity index (χ4v) is 2.07. The van der Waals surface area contributed by atoms with Gasteiger partial charge in [0.05, 0.1) is 13.0 Å². The number of nitrogens with zero attached hydrogens (tertiary/aromatic N) is 1. The molecule has 0 amide bonds. The van der Waals surface area contributed by atoms with Gasteiger partial charge in [0.25, 0.3) is 0 Å². The topological polar surface area (TPSA) is 29.5 Å². The molecule has 0 spiro atoms. The van der Waals surface area contributed by atoms with Crippen LogP contribution < -0.4 is 4.90 Å². The first kappa shape index (κ1) is 15.5. The van der Waals surface area contributed by atoms with Gasteiger partial charge in [0.1, 0.15) is 0 Å². The second kappa shape index (κ2) is 6.60. The molecule has 3 nitrogen and oxygen atoms in total. The molecule has 1 rings (SSSR count). The van der Waals surface area contributed by atoms with Crippen LogP contribution in [0.5, 0.6) is 0 Å². The van der Waals surface area contributed by atoms with E-state index in [4.69, 9.17) is 4.74 Å². The van der Waals surface area contributed by atoms with Gasteiger partial charge < -0.3 is 9.64 Å². The normalized spacial score (nSPS) is 12.4. The number of carbonyl (C=O) groups excluding carboxylic acids is 1. The van der Waals surface area contributed by atoms with E-state index in [1.807, 2.05) is 7.05 Å². The summed E-state index contributed by atoms with van der Waals surface area (Å²) in [7, 11) is 3.47. The third kappa shape index (κ3) is 3.98. The summed E-state index contributed by atoms with van der Waals surface area (Å²) in [5.74, 6) is 0.0312. The number of ether oxygens (including phenoxy) is 1. The zero-order valence-electron chi connectivity index (χ0n) is 12.9. The zero-order chi connectivity index (χ0) is 14.6. The first-order valence-corrected chi connectivity index (χ1v) is 6.73. The molecule has 0 saturated heterocycles. The number of esters is 1. The van der Waals surface area contributed by atoms with Crippen LogP contribution in [-0.4, -0.2) is 26.7 Å². The molecule has 1 aromatic rings. The van der Waals surface area contributed by atoms with Crippen LogP contribution in [0.25, 0.3) is 0 Å². The van der Waals surface area contributed by atoms with E-state index in [1.165, 1.54) is 18.2 Å². The minimum Gasteiger partial charge on any atom is -0.469 e. The van der Waals surface area contributed by atoms with Crippen LogP contribution in [0, 0.1) is 25.7 Å². The van der Waals surface area contributed by atoms with Gasteiger partial charge >= 0.3 is 5.97 Å². The predicted octanol–water partition coefficient (Wildman–Crippen LogP) is 3.18. The summed E-state index contributed by atoms with van der Waals surface area (Å²) < 4.78 is 4.89. The molecule has 3 heteroatoms. The Kier molecular flexibility index (Phi) is 5.40. The number of hydrogen-bond acceptors (Lipinski definition) is 3. The molecule has 0 radical (unpaired) electrons. The van der Waals surface area contributed by atoms with E-state index in [2.05, 4.69) is 50.8 Å². The van der Waals surface area contributed by atoms with Gasteiger partial charge in [-0.3, -0.25) is 4.79 Å². The maximum absolute atomic E-state index is 11.8. The van der Waals surface area contributed by atoms with Gasteiger partial charge in [-0.05, 0) is 43.0 Å². The van der Waals surface area contributed by atoms with Crippen molar-refractivity contribution in [1.29, 1.82) is 0 Å².